The lowest BCUT2D eigenvalue weighted by atomic mass is 9.89. The number of benzene rings is 2. The Kier molecular flexibility index (Phi) is 11.7. The molecule has 16 heteroatoms. The Hall–Kier alpha value is -5.22. The normalized spacial score (nSPS) is 25.1. The number of aromatic hydroxyl groups is 1. The van der Waals surface area contributed by atoms with Crippen LogP contribution in [-0.2, 0) is 9.59 Å². The quantitative estimate of drug-likeness (QED) is 0.175. The molecular weight excluding hydrogens is 737 g/mol. The first kappa shape index (κ1) is 40.0. The number of carbonyl (C=O) groups is 4. The molecule has 0 saturated carbocycles. The number of nitrogens with two attached hydrogens (primary N) is 2. The molecule has 5 aliphatic rings. The number of hydrogen-bond donors (Lipinski definition) is 5. The maximum Gasteiger partial charge on any atom is 0.269 e. The summed E-state index contributed by atoms with van der Waals surface area (Å²) >= 11 is 0. The van der Waals surface area contributed by atoms with Gasteiger partial charge in [0.1, 0.15) is 17.6 Å². The molecule has 0 aromatic heterocycles. The summed E-state index contributed by atoms with van der Waals surface area (Å²) < 4.78 is 31.7. The first-order chi connectivity index (χ1) is 27.3. The van der Waals surface area contributed by atoms with Crippen molar-refractivity contribution in [3.8, 4) is 5.75 Å². The van der Waals surface area contributed by atoms with Crippen molar-refractivity contribution in [2.45, 2.75) is 50.1 Å². The van der Waals surface area contributed by atoms with Gasteiger partial charge in [-0.1, -0.05) is 12.1 Å². The third-order valence-electron chi connectivity index (χ3n) is 12.4. The van der Waals surface area contributed by atoms with E-state index in [4.69, 9.17) is 11.5 Å². The summed E-state index contributed by atoms with van der Waals surface area (Å²) in [6.45, 7) is 5.91. The molecule has 0 aliphatic carbocycles. The van der Waals surface area contributed by atoms with E-state index in [9.17, 15) is 24.3 Å². The van der Waals surface area contributed by atoms with E-state index in [0.717, 1.165) is 57.8 Å². The molecule has 7 N–H and O–H groups in total. The summed E-state index contributed by atoms with van der Waals surface area (Å²) in [6, 6.07) is 10.8. The number of phenolic OH excluding ortho intramolecular Hbond substituents is 1. The van der Waals surface area contributed by atoms with Crippen LogP contribution < -0.4 is 27.0 Å². The monoisotopic (exact) mass is 789 g/mol. The first-order valence-corrected chi connectivity index (χ1v) is 19.8. The zero-order valence-electron chi connectivity index (χ0n) is 32.3. The number of carbonyl (C=O) groups excluding carboxylic acids is 4. The molecule has 0 radical (unpaired) electrons. The molecule has 0 spiro atoms. The highest BCUT2D eigenvalue weighted by atomic mass is 19.3. The van der Waals surface area contributed by atoms with E-state index in [-0.39, 0.29) is 42.2 Å². The fourth-order valence-corrected chi connectivity index (χ4v) is 9.03. The highest BCUT2D eigenvalue weighted by molar-refractivity contribution is 6.06. The molecule has 7 rings (SSSR count). The maximum atomic E-state index is 15.8. The van der Waals surface area contributed by atoms with E-state index in [1.54, 1.807) is 29.2 Å². The van der Waals surface area contributed by atoms with E-state index < -0.39 is 42.1 Å². The molecule has 4 fully saturated rings. The summed E-state index contributed by atoms with van der Waals surface area (Å²) in [5.41, 5.74) is 15.1. The highest BCUT2D eigenvalue weighted by Gasteiger charge is 2.46. The minimum atomic E-state index is -2.97. The average Bonchev–Trinajstić information content (AvgIpc) is 3.19. The van der Waals surface area contributed by atoms with Crippen LogP contribution in [0.1, 0.15) is 58.4 Å². The number of piperidine rings is 3. The molecule has 57 heavy (non-hydrogen) atoms. The van der Waals surface area contributed by atoms with Crippen molar-refractivity contribution in [3.63, 3.8) is 0 Å². The van der Waals surface area contributed by atoms with Gasteiger partial charge in [-0.2, -0.15) is 0 Å². The van der Waals surface area contributed by atoms with E-state index in [0.29, 0.717) is 54.6 Å². The number of para-hydroxylation sites is 1. The van der Waals surface area contributed by atoms with E-state index in [1.165, 1.54) is 24.1 Å². The van der Waals surface area contributed by atoms with E-state index >= 15 is 8.78 Å². The summed E-state index contributed by atoms with van der Waals surface area (Å²) in [5, 5.41) is 15.8. The third-order valence-corrected chi connectivity index (χ3v) is 12.4. The Morgan fingerprint density at radius 2 is 1.77 bits per heavy atom. The van der Waals surface area contributed by atoms with Gasteiger partial charge in [-0.25, -0.2) is 8.78 Å². The second kappa shape index (κ2) is 16.7. The van der Waals surface area contributed by atoms with Crippen molar-refractivity contribution in [2.24, 2.45) is 23.3 Å². The number of aldehydes is 1. The van der Waals surface area contributed by atoms with Gasteiger partial charge in [0, 0.05) is 87.7 Å². The van der Waals surface area contributed by atoms with Crippen LogP contribution in [0, 0.1) is 11.8 Å². The van der Waals surface area contributed by atoms with Gasteiger partial charge in [0.05, 0.1) is 23.8 Å². The molecule has 0 bridgehead atoms. The summed E-state index contributed by atoms with van der Waals surface area (Å²) in [5.74, 6) is -4.22. The highest BCUT2D eigenvalue weighted by Crippen LogP contribution is 2.37. The van der Waals surface area contributed by atoms with Crippen molar-refractivity contribution < 1.29 is 33.1 Å². The number of rotatable bonds is 10. The number of hydrogen-bond acceptors (Lipinski definition) is 12. The Balaban J connectivity index is 0.895. The lowest BCUT2D eigenvalue weighted by molar-refractivity contribution is -0.136. The summed E-state index contributed by atoms with van der Waals surface area (Å²) in [7, 11) is 1.43. The van der Waals surface area contributed by atoms with Crippen LogP contribution in [0.15, 0.2) is 60.1 Å². The molecule has 3 amide bonds. The van der Waals surface area contributed by atoms with Crippen molar-refractivity contribution in [3.05, 3.63) is 76.7 Å². The number of alkyl halides is 2. The Bertz CT molecular complexity index is 1930. The maximum absolute atomic E-state index is 15.8. The Labute approximate surface area is 331 Å². The third kappa shape index (κ3) is 8.71. The minimum absolute atomic E-state index is 0.0228. The molecule has 306 valence electrons. The zero-order valence-corrected chi connectivity index (χ0v) is 32.3. The topological polar surface area (TPSA) is 181 Å². The first-order valence-electron chi connectivity index (χ1n) is 19.8. The Morgan fingerprint density at radius 1 is 1.00 bits per heavy atom. The number of likely N-dealkylation sites (N-methyl/N-ethyl adjacent to an activating group) is 1. The molecule has 5 heterocycles. The van der Waals surface area contributed by atoms with Crippen LogP contribution in [0.3, 0.4) is 0 Å². The summed E-state index contributed by atoms with van der Waals surface area (Å²) in [6.07, 6.45) is 4.77. The van der Waals surface area contributed by atoms with Crippen LogP contribution in [0.25, 0.3) is 5.70 Å². The number of likely N-dealkylation sites (tertiary alicyclic amines) is 1. The van der Waals surface area contributed by atoms with Crippen molar-refractivity contribution in [1.82, 2.24) is 30.2 Å². The smallest absolute Gasteiger partial charge is 0.269 e. The van der Waals surface area contributed by atoms with Crippen LogP contribution in [0.2, 0.25) is 0 Å². The van der Waals surface area contributed by atoms with Crippen LogP contribution in [-0.4, -0.2) is 139 Å². The second-order valence-corrected chi connectivity index (χ2v) is 16.1. The largest absolute Gasteiger partial charge is 0.507 e. The van der Waals surface area contributed by atoms with Gasteiger partial charge in [0.15, 0.2) is 6.29 Å². The number of fused-ring (bicyclic) bond motifs is 1. The minimum Gasteiger partial charge on any atom is -0.507 e. The molecule has 3 atom stereocenters. The Morgan fingerprint density at radius 3 is 2.49 bits per heavy atom. The molecule has 4 saturated heterocycles. The molecular formula is C41H53F2N9O5. The van der Waals surface area contributed by atoms with Crippen LogP contribution >= 0.6 is 0 Å². The summed E-state index contributed by atoms with van der Waals surface area (Å²) in [4.78, 5) is 59.1. The fourth-order valence-electron chi connectivity index (χ4n) is 9.03. The van der Waals surface area contributed by atoms with Gasteiger partial charge in [-0.3, -0.25) is 29.4 Å². The van der Waals surface area contributed by atoms with Gasteiger partial charge in [-0.05, 0) is 81.1 Å². The molecule has 3 unspecified atom stereocenters. The number of nitrogens with one attached hydrogen (secondary N) is 2. The number of anilines is 1. The standard InChI is InChI=1S/C41H53F2N9O5/c1-48(34-8-9-37(55)47-39(34)56)40(57)32-18-29(7-6-27(32)24-53)51-15-12-28(41(42,43)25-51)22-49-13-10-26(11-14-49)21-50-16-17-52-30(23-50)20-46-38(45)35(52)19-33(44)31-4-2-3-5-36(31)54/h2-7,18-19,24,26,28,30,34,46,54H,8-17,20-23,25,44-45H2,1H3,(H,47,55,56)/b33-19-. The predicted octanol–water partition coefficient (Wildman–Crippen LogP) is 1.97. The van der Waals surface area contributed by atoms with E-state index in [2.05, 4.69) is 25.3 Å². The lowest BCUT2D eigenvalue weighted by Crippen LogP contribution is -2.60. The number of imide groups is 1. The molecule has 2 aromatic rings. The van der Waals surface area contributed by atoms with Gasteiger partial charge in [0.25, 0.3) is 11.8 Å². The van der Waals surface area contributed by atoms with Crippen molar-refractivity contribution in [1.29, 1.82) is 0 Å². The van der Waals surface area contributed by atoms with E-state index in [1.807, 2.05) is 12.1 Å². The lowest BCUT2D eigenvalue weighted by Gasteiger charge is -2.47. The molecule has 14 nitrogen and oxygen atoms in total. The molecule has 5 aliphatic heterocycles. The fraction of sp³-hybridized carbons (Fsp3) is 0.512. The van der Waals surface area contributed by atoms with Crippen molar-refractivity contribution >= 4 is 35.4 Å². The van der Waals surface area contributed by atoms with Crippen molar-refractivity contribution in [2.75, 3.05) is 77.4 Å². The number of allylic oxidation sites excluding steroid dienone is 1. The van der Waals surface area contributed by atoms with Gasteiger partial charge in [0.2, 0.25) is 11.8 Å². The zero-order chi connectivity index (χ0) is 40.4. The number of piperazine rings is 1. The second-order valence-electron chi connectivity index (χ2n) is 16.1. The number of phenols is 1. The predicted molar refractivity (Wildman–Crippen MR) is 211 cm³/mol. The number of nitrogens with zero attached hydrogens (tertiary/aromatic N) is 5. The molecule has 2 aromatic carbocycles. The van der Waals surface area contributed by atoms with Gasteiger partial charge in [-0.15, -0.1) is 0 Å². The van der Waals surface area contributed by atoms with Gasteiger partial charge < -0.3 is 41.5 Å². The van der Waals surface area contributed by atoms with Crippen LogP contribution in [0.4, 0.5) is 14.5 Å². The SMILES string of the molecule is CN(C(=O)c1cc(N2CCC(CN3CCC(CN4CCN5C(/C=C(\N)c6ccccc6O)=C(N)NCC5C4)CC3)C(F)(F)C2)ccc1C=O)C1CCC(=O)NC1=O. The van der Waals surface area contributed by atoms with Gasteiger partial charge >= 0.3 is 0 Å². The van der Waals surface area contributed by atoms with Crippen LogP contribution in [0.5, 0.6) is 5.75 Å². The number of amides is 3. The number of halogens is 2. The average molecular weight is 790 g/mol.